The number of carbonyl (C=O) groups excluding carboxylic acids is 1. The van der Waals surface area contributed by atoms with Gasteiger partial charge in [-0.1, -0.05) is 0 Å². The maximum Gasteiger partial charge on any atom is 0.410 e. The highest BCUT2D eigenvalue weighted by atomic mass is 16.6. The third kappa shape index (κ3) is 2.60. The van der Waals surface area contributed by atoms with Gasteiger partial charge in [0.15, 0.2) is 0 Å². The molecule has 0 bridgehead atoms. The lowest BCUT2D eigenvalue weighted by atomic mass is 10.1. The van der Waals surface area contributed by atoms with E-state index in [0.717, 1.165) is 5.69 Å². The molecule has 5 heteroatoms. The van der Waals surface area contributed by atoms with Gasteiger partial charge in [0, 0.05) is 25.0 Å². The molecule has 5 nitrogen and oxygen atoms in total. The molecule has 0 radical (unpaired) electrons. The largest absolute Gasteiger partial charge is 0.444 e. The van der Waals surface area contributed by atoms with Crippen molar-refractivity contribution in [3.8, 4) is 0 Å². The zero-order valence-corrected chi connectivity index (χ0v) is 10.8. The van der Waals surface area contributed by atoms with E-state index in [1.165, 1.54) is 0 Å². The smallest absolute Gasteiger partial charge is 0.410 e. The van der Waals surface area contributed by atoms with Crippen LogP contribution in [0.1, 0.15) is 32.5 Å². The zero-order chi connectivity index (χ0) is 12.6. The third-order valence-corrected chi connectivity index (χ3v) is 2.73. The van der Waals surface area contributed by atoms with Gasteiger partial charge >= 0.3 is 6.09 Å². The van der Waals surface area contributed by atoms with Gasteiger partial charge in [-0.2, -0.15) is 5.10 Å². The summed E-state index contributed by atoms with van der Waals surface area (Å²) in [6.45, 7) is 9.00. The molecule has 1 aromatic heterocycles. The second-order valence-electron chi connectivity index (χ2n) is 5.46. The molecule has 2 rings (SSSR count). The molecule has 2 heterocycles. The van der Waals surface area contributed by atoms with Gasteiger partial charge in [-0.25, -0.2) is 4.79 Å². The van der Waals surface area contributed by atoms with Crippen molar-refractivity contribution < 1.29 is 9.53 Å². The van der Waals surface area contributed by atoms with E-state index in [2.05, 4.69) is 5.10 Å². The number of hydrogen-bond acceptors (Lipinski definition) is 3. The maximum absolute atomic E-state index is 11.7. The SMILES string of the molecule is Cc1ccnn1C1CN(C(=O)OC(C)(C)C)C1. The fraction of sp³-hybridized carbons (Fsp3) is 0.667. The lowest BCUT2D eigenvalue weighted by Gasteiger charge is -2.40. The van der Waals surface area contributed by atoms with Gasteiger partial charge in [-0.3, -0.25) is 4.68 Å². The molecule has 1 aromatic rings. The number of carbonyl (C=O) groups is 1. The van der Waals surface area contributed by atoms with Gasteiger partial charge in [-0.15, -0.1) is 0 Å². The molecule has 1 aliphatic rings. The molecule has 17 heavy (non-hydrogen) atoms. The summed E-state index contributed by atoms with van der Waals surface area (Å²) in [7, 11) is 0. The van der Waals surface area contributed by atoms with Crippen LogP contribution in [-0.2, 0) is 4.74 Å². The molecule has 0 N–H and O–H groups in total. The van der Waals surface area contributed by atoms with E-state index in [9.17, 15) is 4.79 Å². The van der Waals surface area contributed by atoms with E-state index in [-0.39, 0.29) is 12.1 Å². The Morgan fingerprint density at radius 2 is 2.12 bits per heavy atom. The number of aromatic nitrogens is 2. The van der Waals surface area contributed by atoms with Gasteiger partial charge in [-0.05, 0) is 33.8 Å². The topological polar surface area (TPSA) is 47.4 Å². The molecule has 1 aliphatic heterocycles. The predicted octanol–water partition coefficient (Wildman–Crippen LogP) is 1.98. The Balaban J connectivity index is 1.87. The minimum Gasteiger partial charge on any atom is -0.444 e. The summed E-state index contributed by atoms with van der Waals surface area (Å²) < 4.78 is 7.25. The maximum atomic E-state index is 11.7. The molecular weight excluding hydrogens is 218 g/mol. The van der Waals surface area contributed by atoms with Gasteiger partial charge in [0.05, 0.1) is 6.04 Å². The summed E-state index contributed by atoms with van der Waals surface area (Å²) in [4.78, 5) is 13.4. The van der Waals surface area contributed by atoms with Crippen LogP contribution in [0.3, 0.4) is 0 Å². The first-order valence-corrected chi connectivity index (χ1v) is 5.85. The van der Waals surface area contributed by atoms with Gasteiger partial charge in [0.2, 0.25) is 0 Å². The molecule has 0 spiro atoms. The molecule has 0 aliphatic carbocycles. The first-order valence-electron chi connectivity index (χ1n) is 5.85. The van der Waals surface area contributed by atoms with E-state index in [1.54, 1.807) is 11.1 Å². The second kappa shape index (κ2) is 4.05. The minimum atomic E-state index is -0.427. The quantitative estimate of drug-likeness (QED) is 0.750. The number of amides is 1. The summed E-state index contributed by atoms with van der Waals surface area (Å²) >= 11 is 0. The van der Waals surface area contributed by atoms with Crippen LogP contribution < -0.4 is 0 Å². The van der Waals surface area contributed by atoms with E-state index < -0.39 is 5.60 Å². The third-order valence-electron chi connectivity index (χ3n) is 2.73. The normalized spacial score (nSPS) is 16.8. The number of likely N-dealkylation sites (tertiary alicyclic amines) is 1. The molecule has 0 unspecified atom stereocenters. The molecule has 0 saturated carbocycles. The van der Waals surface area contributed by atoms with Crippen molar-refractivity contribution in [2.75, 3.05) is 13.1 Å². The van der Waals surface area contributed by atoms with E-state index in [1.807, 2.05) is 38.4 Å². The number of aryl methyl sites for hydroxylation is 1. The minimum absolute atomic E-state index is 0.237. The zero-order valence-electron chi connectivity index (χ0n) is 10.8. The van der Waals surface area contributed by atoms with Crippen LogP contribution in [0.5, 0.6) is 0 Å². The van der Waals surface area contributed by atoms with Crippen LogP contribution >= 0.6 is 0 Å². The summed E-state index contributed by atoms with van der Waals surface area (Å²) in [6, 6.07) is 2.26. The van der Waals surface area contributed by atoms with Gasteiger partial charge < -0.3 is 9.64 Å². The molecule has 0 atom stereocenters. The summed E-state index contributed by atoms with van der Waals surface area (Å²) in [5, 5.41) is 4.24. The first kappa shape index (κ1) is 12.0. The first-order chi connectivity index (χ1) is 7.87. The highest BCUT2D eigenvalue weighted by molar-refractivity contribution is 5.69. The molecule has 0 aromatic carbocycles. The summed E-state index contributed by atoms with van der Waals surface area (Å²) in [5.74, 6) is 0. The highest BCUT2D eigenvalue weighted by Gasteiger charge is 2.35. The number of hydrogen-bond donors (Lipinski definition) is 0. The lowest BCUT2D eigenvalue weighted by Crippen LogP contribution is -2.52. The number of rotatable bonds is 1. The molecule has 1 fully saturated rings. The van der Waals surface area contributed by atoms with Crippen LogP contribution in [0.15, 0.2) is 12.3 Å². The standard InChI is InChI=1S/C12H19N3O2/c1-9-5-6-13-15(9)10-7-14(8-10)11(16)17-12(2,3)4/h5-6,10H,7-8H2,1-4H3. The van der Waals surface area contributed by atoms with Crippen molar-refractivity contribution in [3.63, 3.8) is 0 Å². The van der Waals surface area contributed by atoms with Crippen LogP contribution in [0.4, 0.5) is 4.79 Å². The fourth-order valence-electron chi connectivity index (χ4n) is 1.85. The molecule has 94 valence electrons. The van der Waals surface area contributed by atoms with Crippen LogP contribution in [-0.4, -0.2) is 39.5 Å². The van der Waals surface area contributed by atoms with Crippen molar-refractivity contribution in [1.29, 1.82) is 0 Å². The van der Waals surface area contributed by atoms with Crippen molar-refractivity contribution in [3.05, 3.63) is 18.0 Å². The lowest BCUT2D eigenvalue weighted by molar-refractivity contribution is -0.000658. The molecule has 1 amide bonds. The highest BCUT2D eigenvalue weighted by Crippen LogP contribution is 2.23. The predicted molar refractivity (Wildman–Crippen MR) is 63.8 cm³/mol. The number of nitrogens with zero attached hydrogens (tertiary/aromatic N) is 3. The van der Waals surface area contributed by atoms with Crippen molar-refractivity contribution >= 4 is 6.09 Å². The van der Waals surface area contributed by atoms with E-state index >= 15 is 0 Å². The Morgan fingerprint density at radius 3 is 2.59 bits per heavy atom. The van der Waals surface area contributed by atoms with Crippen molar-refractivity contribution in [2.45, 2.75) is 39.3 Å². The molecule has 1 saturated heterocycles. The van der Waals surface area contributed by atoms with Crippen molar-refractivity contribution in [2.24, 2.45) is 0 Å². The second-order valence-corrected chi connectivity index (χ2v) is 5.46. The Morgan fingerprint density at radius 1 is 1.47 bits per heavy atom. The Hall–Kier alpha value is -1.52. The summed E-state index contributed by atoms with van der Waals surface area (Å²) in [5.41, 5.74) is 0.697. The van der Waals surface area contributed by atoms with E-state index in [4.69, 9.17) is 4.74 Å². The van der Waals surface area contributed by atoms with Crippen molar-refractivity contribution in [1.82, 2.24) is 14.7 Å². The van der Waals surface area contributed by atoms with Crippen LogP contribution in [0, 0.1) is 6.92 Å². The van der Waals surface area contributed by atoms with E-state index in [0.29, 0.717) is 13.1 Å². The van der Waals surface area contributed by atoms with Gasteiger partial charge in [0.1, 0.15) is 5.60 Å². The Labute approximate surface area is 101 Å². The monoisotopic (exact) mass is 237 g/mol. The average Bonchev–Trinajstić information content (AvgIpc) is 2.46. The Kier molecular flexibility index (Phi) is 2.85. The average molecular weight is 237 g/mol. The summed E-state index contributed by atoms with van der Waals surface area (Å²) in [6.07, 6.45) is 1.55. The van der Waals surface area contributed by atoms with Gasteiger partial charge in [0.25, 0.3) is 0 Å². The number of ether oxygens (including phenoxy) is 1. The van der Waals surface area contributed by atoms with Crippen LogP contribution in [0.2, 0.25) is 0 Å². The molecular formula is C12H19N3O2. The Bertz CT molecular complexity index is 414. The van der Waals surface area contributed by atoms with Crippen LogP contribution in [0.25, 0.3) is 0 Å². The fourth-order valence-corrected chi connectivity index (χ4v) is 1.85.